The van der Waals surface area contributed by atoms with E-state index < -0.39 is 0 Å². The number of hydrogen-bond acceptors (Lipinski definition) is 3. The first-order valence-electron chi connectivity index (χ1n) is 4.88. The number of anilines is 1. The van der Waals surface area contributed by atoms with Crippen LogP contribution in [0.2, 0.25) is 0 Å². The molecule has 0 saturated heterocycles. The highest BCUT2D eigenvalue weighted by Gasteiger charge is 2.00. The second-order valence-corrected chi connectivity index (χ2v) is 2.98. The number of esters is 1. The lowest BCUT2D eigenvalue weighted by atomic mass is 10.2. The normalized spacial score (nSPS) is 9.40. The van der Waals surface area contributed by atoms with Crippen LogP contribution in [0.4, 0.5) is 5.69 Å². The number of carbonyl (C=O) groups excluding carboxylic acids is 1. The second-order valence-electron chi connectivity index (χ2n) is 2.98. The van der Waals surface area contributed by atoms with E-state index in [2.05, 4.69) is 11.9 Å². The number of benzene rings is 1. The number of hydrogen-bond donors (Lipinski definition) is 1. The van der Waals surface area contributed by atoms with Gasteiger partial charge in [0.05, 0.1) is 6.61 Å². The third-order valence-electron chi connectivity index (χ3n) is 1.89. The molecule has 15 heavy (non-hydrogen) atoms. The zero-order valence-electron chi connectivity index (χ0n) is 8.82. The first-order chi connectivity index (χ1) is 7.26. The smallest absolute Gasteiger partial charge is 0.325 e. The van der Waals surface area contributed by atoms with Crippen LogP contribution in [0.3, 0.4) is 0 Å². The van der Waals surface area contributed by atoms with Gasteiger partial charge in [-0.15, -0.1) is 0 Å². The summed E-state index contributed by atoms with van der Waals surface area (Å²) in [6, 6.07) is 7.66. The highest BCUT2D eigenvalue weighted by Crippen LogP contribution is 2.09. The maximum atomic E-state index is 11.0. The van der Waals surface area contributed by atoms with Crippen LogP contribution in [-0.4, -0.2) is 19.1 Å². The summed E-state index contributed by atoms with van der Waals surface area (Å²) < 4.78 is 4.79. The Labute approximate surface area is 89.8 Å². The van der Waals surface area contributed by atoms with Gasteiger partial charge in [0.2, 0.25) is 0 Å². The molecule has 1 N–H and O–H groups in total. The molecule has 0 radical (unpaired) electrons. The first kappa shape index (κ1) is 11.3. The lowest BCUT2D eigenvalue weighted by molar-refractivity contribution is -0.140. The molecule has 3 heteroatoms. The molecular weight excluding hydrogens is 190 g/mol. The fourth-order valence-electron chi connectivity index (χ4n) is 1.12. The fourth-order valence-corrected chi connectivity index (χ4v) is 1.12. The maximum absolute atomic E-state index is 11.0. The fraction of sp³-hybridized carbons (Fsp3) is 0.250. The predicted molar refractivity (Wildman–Crippen MR) is 61.7 cm³/mol. The van der Waals surface area contributed by atoms with E-state index in [0.29, 0.717) is 6.61 Å². The van der Waals surface area contributed by atoms with E-state index in [1.165, 1.54) is 0 Å². The van der Waals surface area contributed by atoms with Gasteiger partial charge in [0, 0.05) is 5.69 Å². The monoisotopic (exact) mass is 205 g/mol. The Morgan fingerprint density at radius 2 is 2.13 bits per heavy atom. The van der Waals surface area contributed by atoms with Gasteiger partial charge < -0.3 is 10.1 Å². The summed E-state index contributed by atoms with van der Waals surface area (Å²) in [5.74, 6) is -0.245. The molecule has 0 heterocycles. The minimum Gasteiger partial charge on any atom is -0.465 e. The van der Waals surface area contributed by atoms with E-state index in [4.69, 9.17) is 4.74 Å². The van der Waals surface area contributed by atoms with Crippen molar-refractivity contribution in [1.82, 2.24) is 0 Å². The van der Waals surface area contributed by atoms with Gasteiger partial charge in [0.15, 0.2) is 0 Å². The van der Waals surface area contributed by atoms with Gasteiger partial charge in [0.1, 0.15) is 6.54 Å². The van der Waals surface area contributed by atoms with Crippen LogP contribution in [0.1, 0.15) is 12.5 Å². The zero-order valence-corrected chi connectivity index (χ0v) is 8.82. The quantitative estimate of drug-likeness (QED) is 0.749. The van der Waals surface area contributed by atoms with Crippen LogP contribution in [0.25, 0.3) is 6.08 Å². The van der Waals surface area contributed by atoms with Gasteiger partial charge in [0.25, 0.3) is 0 Å². The highest BCUT2D eigenvalue weighted by molar-refractivity contribution is 5.75. The number of rotatable bonds is 5. The standard InChI is InChI=1S/C12H15NO2/c1-3-10-5-7-11(8-6-10)13-9-12(14)15-4-2/h3,5-8,13H,1,4,9H2,2H3. The zero-order chi connectivity index (χ0) is 11.1. The van der Waals surface area contributed by atoms with Crippen molar-refractivity contribution in [1.29, 1.82) is 0 Å². The molecule has 3 nitrogen and oxygen atoms in total. The van der Waals surface area contributed by atoms with Crippen molar-refractivity contribution in [3.05, 3.63) is 36.4 Å². The van der Waals surface area contributed by atoms with Gasteiger partial charge in [-0.1, -0.05) is 24.8 Å². The van der Waals surface area contributed by atoms with Gasteiger partial charge >= 0.3 is 5.97 Å². The van der Waals surface area contributed by atoms with Gasteiger partial charge in [-0.2, -0.15) is 0 Å². The molecule has 0 fully saturated rings. The molecule has 0 unspecified atom stereocenters. The average Bonchev–Trinajstić information content (AvgIpc) is 2.27. The molecule has 1 rings (SSSR count). The third kappa shape index (κ3) is 3.85. The number of nitrogens with one attached hydrogen (secondary N) is 1. The van der Waals surface area contributed by atoms with E-state index in [9.17, 15) is 4.79 Å². The van der Waals surface area contributed by atoms with Crippen molar-refractivity contribution in [2.24, 2.45) is 0 Å². The van der Waals surface area contributed by atoms with Crippen molar-refractivity contribution in [2.45, 2.75) is 6.92 Å². The van der Waals surface area contributed by atoms with Crippen LogP contribution in [0.5, 0.6) is 0 Å². The highest BCUT2D eigenvalue weighted by atomic mass is 16.5. The molecule has 0 aromatic heterocycles. The largest absolute Gasteiger partial charge is 0.465 e. The summed E-state index contributed by atoms with van der Waals surface area (Å²) in [5, 5.41) is 2.97. The van der Waals surface area contributed by atoms with E-state index in [0.717, 1.165) is 11.3 Å². The molecule has 0 aliphatic carbocycles. The molecule has 0 spiro atoms. The molecule has 1 aromatic rings. The molecule has 0 atom stereocenters. The summed E-state index contributed by atoms with van der Waals surface area (Å²) in [6.45, 7) is 6.06. The maximum Gasteiger partial charge on any atom is 0.325 e. The van der Waals surface area contributed by atoms with E-state index in [1.807, 2.05) is 24.3 Å². The van der Waals surface area contributed by atoms with E-state index in [-0.39, 0.29) is 12.5 Å². The number of carbonyl (C=O) groups is 1. The Hall–Kier alpha value is -1.77. The van der Waals surface area contributed by atoms with Crippen molar-refractivity contribution in [3.63, 3.8) is 0 Å². The number of ether oxygens (including phenoxy) is 1. The van der Waals surface area contributed by atoms with Gasteiger partial charge in [-0.05, 0) is 24.6 Å². The molecule has 0 saturated carbocycles. The molecular formula is C12H15NO2. The predicted octanol–water partition coefficient (Wildman–Crippen LogP) is 2.30. The van der Waals surface area contributed by atoms with Crippen molar-refractivity contribution in [3.8, 4) is 0 Å². The minimum atomic E-state index is -0.245. The molecule has 0 bridgehead atoms. The molecule has 0 aliphatic heterocycles. The first-order valence-corrected chi connectivity index (χ1v) is 4.88. The summed E-state index contributed by atoms with van der Waals surface area (Å²) in [5.41, 5.74) is 1.95. The Morgan fingerprint density at radius 3 is 2.67 bits per heavy atom. The summed E-state index contributed by atoms with van der Waals surface area (Å²) >= 11 is 0. The average molecular weight is 205 g/mol. The van der Waals surface area contributed by atoms with Gasteiger partial charge in [-0.3, -0.25) is 4.79 Å². The van der Waals surface area contributed by atoms with Gasteiger partial charge in [-0.25, -0.2) is 0 Å². The molecule has 80 valence electrons. The Morgan fingerprint density at radius 1 is 1.47 bits per heavy atom. The van der Waals surface area contributed by atoms with Crippen LogP contribution in [-0.2, 0) is 9.53 Å². The van der Waals surface area contributed by atoms with Crippen molar-refractivity contribution < 1.29 is 9.53 Å². The Balaban J connectivity index is 2.44. The molecule has 0 aliphatic rings. The van der Waals surface area contributed by atoms with Crippen LogP contribution in [0, 0.1) is 0 Å². The van der Waals surface area contributed by atoms with Crippen molar-refractivity contribution >= 4 is 17.7 Å². The Bertz CT molecular complexity index is 330. The topological polar surface area (TPSA) is 38.3 Å². The molecule has 1 aromatic carbocycles. The summed E-state index contributed by atoms with van der Waals surface area (Å²) in [7, 11) is 0. The van der Waals surface area contributed by atoms with E-state index in [1.54, 1.807) is 13.0 Å². The minimum absolute atomic E-state index is 0.196. The second kappa shape index (κ2) is 5.86. The molecule has 0 amide bonds. The summed E-state index contributed by atoms with van der Waals surface area (Å²) in [6.07, 6.45) is 1.77. The lowest BCUT2D eigenvalue weighted by Gasteiger charge is -2.05. The van der Waals surface area contributed by atoms with Crippen LogP contribution in [0.15, 0.2) is 30.8 Å². The SMILES string of the molecule is C=Cc1ccc(NCC(=O)OCC)cc1. The third-order valence-corrected chi connectivity index (χ3v) is 1.89. The summed E-state index contributed by atoms with van der Waals surface area (Å²) in [4.78, 5) is 11.0. The lowest BCUT2D eigenvalue weighted by Crippen LogP contribution is -2.16. The van der Waals surface area contributed by atoms with Crippen LogP contribution >= 0.6 is 0 Å². The van der Waals surface area contributed by atoms with E-state index >= 15 is 0 Å². The Kier molecular flexibility index (Phi) is 4.41. The van der Waals surface area contributed by atoms with Crippen LogP contribution < -0.4 is 5.32 Å². The van der Waals surface area contributed by atoms with Crippen molar-refractivity contribution in [2.75, 3.05) is 18.5 Å².